The van der Waals surface area contributed by atoms with E-state index in [2.05, 4.69) is 17.1 Å². The van der Waals surface area contributed by atoms with Gasteiger partial charge in [0.15, 0.2) is 0 Å². The average molecular weight is 388 g/mol. The first kappa shape index (κ1) is 19.2. The van der Waals surface area contributed by atoms with Crippen LogP contribution in [0, 0.1) is 23.0 Å². The van der Waals surface area contributed by atoms with Gasteiger partial charge in [-0.3, -0.25) is 14.9 Å². The molecule has 1 unspecified atom stereocenters. The van der Waals surface area contributed by atoms with Crippen molar-refractivity contribution in [1.29, 1.82) is 0 Å². The maximum Gasteiger partial charge on any atom is 0.273 e. The Labute approximate surface area is 163 Å². The second-order valence-electron chi connectivity index (χ2n) is 6.90. The van der Waals surface area contributed by atoms with E-state index in [1.54, 1.807) is 18.2 Å². The number of carbonyl (C=O) groups excluding carboxylic acids is 1. The molecule has 7 heteroatoms. The number of halogens is 1. The fraction of sp³-hybridized carbons (Fsp3) is 0.350. The summed E-state index contributed by atoms with van der Waals surface area (Å²) >= 11 is 6.11. The van der Waals surface area contributed by atoms with Crippen LogP contribution in [0.3, 0.4) is 0 Å². The van der Waals surface area contributed by atoms with E-state index in [4.69, 9.17) is 11.6 Å². The molecule has 0 spiro atoms. The normalized spacial score (nSPS) is 16.4. The second-order valence-corrected chi connectivity index (χ2v) is 7.33. The number of rotatable bonds is 6. The van der Waals surface area contributed by atoms with E-state index in [1.165, 1.54) is 11.6 Å². The molecule has 3 rings (SSSR count). The quantitative estimate of drug-likeness (QED) is 0.605. The van der Waals surface area contributed by atoms with Gasteiger partial charge in [-0.05, 0) is 37.0 Å². The molecule has 0 saturated carbocycles. The van der Waals surface area contributed by atoms with Crippen molar-refractivity contribution >= 4 is 28.9 Å². The molecule has 1 aliphatic rings. The lowest BCUT2D eigenvalue weighted by molar-refractivity contribution is -0.385. The molecule has 1 N–H and O–H groups in total. The van der Waals surface area contributed by atoms with Crippen LogP contribution in [0.4, 0.5) is 11.4 Å². The molecule has 0 aliphatic carbocycles. The van der Waals surface area contributed by atoms with Crippen LogP contribution in [0.2, 0.25) is 5.02 Å². The van der Waals surface area contributed by atoms with Gasteiger partial charge >= 0.3 is 0 Å². The zero-order chi connectivity index (χ0) is 19.4. The van der Waals surface area contributed by atoms with Crippen molar-refractivity contribution in [1.82, 2.24) is 5.32 Å². The van der Waals surface area contributed by atoms with Crippen molar-refractivity contribution in [3.8, 4) is 0 Å². The van der Waals surface area contributed by atoms with Crippen molar-refractivity contribution < 1.29 is 9.72 Å². The SMILES string of the molecule is Cc1ccc(Cl)cc1N1CCC(CNC(=O)Cc2ccccc2[N+](=O)[O-])C1. The summed E-state index contributed by atoms with van der Waals surface area (Å²) in [5.74, 6) is 0.153. The first-order valence-electron chi connectivity index (χ1n) is 8.94. The van der Waals surface area contributed by atoms with Crippen molar-refractivity contribution in [2.24, 2.45) is 5.92 Å². The summed E-state index contributed by atoms with van der Waals surface area (Å²) in [6.45, 7) is 4.40. The van der Waals surface area contributed by atoms with Gasteiger partial charge in [-0.1, -0.05) is 35.9 Å². The minimum atomic E-state index is -0.454. The third-order valence-corrected chi connectivity index (χ3v) is 5.16. The summed E-state index contributed by atoms with van der Waals surface area (Å²) in [5.41, 5.74) is 2.73. The van der Waals surface area contributed by atoms with Gasteiger partial charge in [0, 0.05) is 42.0 Å². The van der Waals surface area contributed by atoms with Crippen LogP contribution in [0.1, 0.15) is 17.5 Å². The fourth-order valence-corrected chi connectivity index (χ4v) is 3.64. The minimum Gasteiger partial charge on any atom is -0.371 e. The number of benzene rings is 2. The molecule has 1 heterocycles. The maximum absolute atomic E-state index is 12.2. The Hall–Kier alpha value is -2.60. The number of para-hydroxylation sites is 1. The molecule has 27 heavy (non-hydrogen) atoms. The molecule has 2 aromatic rings. The number of nitrogens with one attached hydrogen (secondary N) is 1. The summed E-state index contributed by atoms with van der Waals surface area (Å²) < 4.78 is 0. The highest BCUT2D eigenvalue weighted by Gasteiger charge is 2.24. The van der Waals surface area contributed by atoms with Gasteiger partial charge in [0.1, 0.15) is 0 Å². The Morgan fingerprint density at radius 3 is 2.89 bits per heavy atom. The van der Waals surface area contributed by atoms with E-state index in [9.17, 15) is 14.9 Å². The number of hydrogen-bond donors (Lipinski definition) is 1. The number of aryl methyl sites for hydroxylation is 1. The van der Waals surface area contributed by atoms with Gasteiger partial charge in [-0.15, -0.1) is 0 Å². The van der Waals surface area contributed by atoms with E-state index in [1.807, 2.05) is 18.2 Å². The third-order valence-electron chi connectivity index (χ3n) is 4.92. The lowest BCUT2D eigenvalue weighted by Gasteiger charge is -2.21. The van der Waals surface area contributed by atoms with E-state index in [0.717, 1.165) is 30.2 Å². The fourth-order valence-electron chi connectivity index (χ4n) is 3.47. The molecule has 6 nitrogen and oxygen atoms in total. The number of nitrogens with zero attached hydrogens (tertiary/aromatic N) is 2. The molecule has 0 bridgehead atoms. The van der Waals surface area contributed by atoms with E-state index in [-0.39, 0.29) is 18.0 Å². The molecule has 1 saturated heterocycles. The summed E-state index contributed by atoms with van der Waals surface area (Å²) in [6.07, 6.45) is 0.999. The largest absolute Gasteiger partial charge is 0.371 e. The lowest BCUT2D eigenvalue weighted by Crippen LogP contribution is -2.32. The maximum atomic E-state index is 12.2. The average Bonchev–Trinajstić information content (AvgIpc) is 3.11. The van der Waals surface area contributed by atoms with Crippen LogP contribution < -0.4 is 10.2 Å². The Morgan fingerprint density at radius 1 is 1.33 bits per heavy atom. The van der Waals surface area contributed by atoms with Gasteiger partial charge in [0.05, 0.1) is 11.3 Å². The van der Waals surface area contributed by atoms with Crippen molar-refractivity contribution in [3.05, 3.63) is 68.7 Å². The number of anilines is 1. The van der Waals surface area contributed by atoms with Gasteiger partial charge in [0.2, 0.25) is 5.91 Å². The number of nitro groups is 1. The molecule has 1 fully saturated rings. The number of carbonyl (C=O) groups is 1. The van der Waals surface area contributed by atoms with Gasteiger partial charge < -0.3 is 10.2 Å². The minimum absolute atomic E-state index is 0.0149. The molecular formula is C20H22ClN3O3. The topological polar surface area (TPSA) is 75.5 Å². The highest BCUT2D eigenvalue weighted by atomic mass is 35.5. The van der Waals surface area contributed by atoms with Gasteiger partial charge in [-0.2, -0.15) is 0 Å². The van der Waals surface area contributed by atoms with Crippen molar-refractivity contribution in [2.45, 2.75) is 19.8 Å². The monoisotopic (exact) mass is 387 g/mol. The molecule has 2 aromatic carbocycles. The molecule has 142 valence electrons. The summed E-state index contributed by atoms with van der Waals surface area (Å²) in [7, 11) is 0. The van der Waals surface area contributed by atoms with Gasteiger partial charge in [-0.25, -0.2) is 0 Å². The Kier molecular flexibility index (Phi) is 5.96. The summed E-state index contributed by atoms with van der Waals surface area (Å²) in [5, 5.41) is 14.7. The molecule has 1 atom stereocenters. The van der Waals surface area contributed by atoms with E-state index >= 15 is 0 Å². The predicted molar refractivity (Wildman–Crippen MR) is 106 cm³/mol. The Morgan fingerprint density at radius 2 is 2.11 bits per heavy atom. The first-order valence-corrected chi connectivity index (χ1v) is 9.32. The van der Waals surface area contributed by atoms with Crippen LogP contribution >= 0.6 is 11.6 Å². The Bertz CT molecular complexity index is 856. The smallest absolute Gasteiger partial charge is 0.273 e. The zero-order valence-electron chi connectivity index (χ0n) is 15.2. The van der Waals surface area contributed by atoms with Crippen LogP contribution in [0.25, 0.3) is 0 Å². The number of hydrogen-bond acceptors (Lipinski definition) is 4. The number of amides is 1. The highest BCUT2D eigenvalue weighted by Crippen LogP contribution is 2.29. The van der Waals surface area contributed by atoms with E-state index in [0.29, 0.717) is 18.0 Å². The predicted octanol–water partition coefficient (Wildman–Crippen LogP) is 3.74. The molecular weight excluding hydrogens is 366 g/mol. The van der Waals surface area contributed by atoms with Crippen LogP contribution in [0.15, 0.2) is 42.5 Å². The summed E-state index contributed by atoms with van der Waals surface area (Å²) in [4.78, 5) is 25.1. The van der Waals surface area contributed by atoms with Crippen LogP contribution in [0.5, 0.6) is 0 Å². The lowest BCUT2D eigenvalue weighted by atomic mass is 10.1. The summed E-state index contributed by atoms with van der Waals surface area (Å²) in [6, 6.07) is 12.2. The standard InChI is InChI=1S/C20H22ClN3O3/c1-14-6-7-17(21)11-19(14)23-9-8-15(13-23)12-22-20(25)10-16-4-2-3-5-18(16)24(26)27/h2-7,11,15H,8-10,12-13H2,1H3,(H,22,25). The highest BCUT2D eigenvalue weighted by molar-refractivity contribution is 6.30. The third kappa shape index (κ3) is 4.77. The molecule has 1 amide bonds. The zero-order valence-corrected chi connectivity index (χ0v) is 15.9. The van der Waals surface area contributed by atoms with Gasteiger partial charge in [0.25, 0.3) is 5.69 Å². The Balaban J connectivity index is 1.53. The van der Waals surface area contributed by atoms with E-state index < -0.39 is 4.92 Å². The van der Waals surface area contributed by atoms with Crippen molar-refractivity contribution in [3.63, 3.8) is 0 Å². The van der Waals surface area contributed by atoms with Crippen molar-refractivity contribution in [2.75, 3.05) is 24.5 Å². The van der Waals surface area contributed by atoms with Crippen LogP contribution in [-0.2, 0) is 11.2 Å². The first-order chi connectivity index (χ1) is 12.9. The second kappa shape index (κ2) is 8.39. The molecule has 0 aromatic heterocycles. The molecule has 0 radical (unpaired) electrons. The van der Waals surface area contributed by atoms with Crippen LogP contribution in [-0.4, -0.2) is 30.5 Å². The number of nitro benzene ring substituents is 1. The molecule has 1 aliphatic heterocycles.